The van der Waals surface area contributed by atoms with Gasteiger partial charge in [-0.2, -0.15) is 13.2 Å². The topological polar surface area (TPSA) is 44.4 Å². The van der Waals surface area contributed by atoms with E-state index in [1.165, 1.54) is 4.90 Å². The van der Waals surface area contributed by atoms with Gasteiger partial charge in [0.05, 0.1) is 17.9 Å². The molecule has 0 aliphatic carbocycles. The van der Waals surface area contributed by atoms with Crippen LogP contribution in [0.4, 0.5) is 24.5 Å². The Hall–Kier alpha value is -1.76. The number of benzene rings is 1. The van der Waals surface area contributed by atoms with E-state index in [4.69, 9.17) is 0 Å². The number of piperidine rings is 1. The molecule has 0 radical (unpaired) electrons. The predicted molar refractivity (Wildman–Crippen MR) is 73.2 cm³/mol. The monoisotopic (exact) mass is 299 g/mol. The minimum absolute atomic E-state index is 0.159. The molecule has 2 heterocycles. The zero-order valence-corrected chi connectivity index (χ0v) is 11.3. The molecular weight excluding hydrogens is 283 g/mol. The second-order valence-corrected chi connectivity index (χ2v) is 5.60. The number of fused-ring (bicyclic) bond motifs is 1. The van der Waals surface area contributed by atoms with Crippen molar-refractivity contribution in [2.45, 2.75) is 24.6 Å². The summed E-state index contributed by atoms with van der Waals surface area (Å²) in [4.78, 5) is 13.7. The van der Waals surface area contributed by atoms with Gasteiger partial charge in [-0.25, -0.2) is 0 Å². The summed E-state index contributed by atoms with van der Waals surface area (Å²) in [7, 11) is 0. The Kier molecular flexibility index (Phi) is 3.32. The van der Waals surface area contributed by atoms with Crippen molar-refractivity contribution in [1.82, 2.24) is 4.90 Å². The highest BCUT2D eigenvalue weighted by Crippen LogP contribution is 2.36. The van der Waals surface area contributed by atoms with E-state index in [0.29, 0.717) is 18.5 Å². The molecule has 114 valence electrons. The van der Waals surface area contributed by atoms with Crippen LogP contribution in [0.5, 0.6) is 0 Å². The van der Waals surface area contributed by atoms with Gasteiger partial charge in [0, 0.05) is 13.1 Å². The SMILES string of the molecule is O=C1Nc2ccccc2NC12CCN(CC(F)(F)F)CC2. The number of rotatable bonds is 1. The lowest BCUT2D eigenvalue weighted by molar-refractivity contribution is -0.149. The van der Waals surface area contributed by atoms with Gasteiger partial charge in [-0.3, -0.25) is 9.69 Å². The number of halogens is 3. The molecule has 21 heavy (non-hydrogen) atoms. The third kappa shape index (κ3) is 2.83. The molecule has 2 aliphatic heterocycles. The van der Waals surface area contributed by atoms with Gasteiger partial charge in [0.25, 0.3) is 0 Å². The van der Waals surface area contributed by atoms with Gasteiger partial charge in [-0.05, 0) is 25.0 Å². The van der Waals surface area contributed by atoms with E-state index in [2.05, 4.69) is 10.6 Å². The summed E-state index contributed by atoms with van der Waals surface area (Å²) in [5.74, 6) is -0.159. The van der Waals surface area contributed by atoms with Gasteiger partial charge >= 0.3 is 6.18 Å². The van der Waals surface area contributed by atoms with Crippen molar-refractivity contribution in [3.8, 4) is 0 Å². The number of para-hydroxylation sites is 2. The number of anilines is 2. The minimum Gasteiger partial charge on any atom is -0.369 e. The summed E-state index contributed by atoms with van der Waals surface area (Å²) in [6, 6.07) is 7.34. The van der Waals surface area contributed by atoms with E-state index < -0.39 is 18.3 Å². The van der Waals surface area contributed by atoms with Crippen molar-refractivity contribution in [1.29, 1.82) is 0 Å². The van der Waals surface area contributed by atoms with E-state index in [-0.39, 0.29) is 19.0 Å². The first-order valence-corrected chi connectivity index (χ1v) is 6.86. The smallest absolute Gasteiger partial charge is 0.369 e. The van der Waals surface area contributed by atoms with Crippen molar-refractivity contribution in [3.63, 3.8) is 0 Å². The van der Waals surface area contributed by atoms with Crippen LogP contribution in [-0.2, 0) is 4.79 Å². The molecule has 2 aliphatic rings. The van der Waals surface area contributed by atoms with Crippen molar-refractivity contribution >= 4 is 17.3 Å². The summed E-state index contributed by atoms with van der Waals surface area (Å²) >= 11 is 0. The summed E-state index contributed by atoms with van der Waals surface area (Å²) in [6.07, 6.45) is -3.47. The maximum absolute atomic E-state index is 12.4. The quantitative estimate of drug-likeness (QED) is 0.837. The van der Waals surface area contributed by atoms with E-state index in [1.54, 1.807) is 6.07 Å². The van der Waals surface area contributed by atoms with Crippen molar-refractivity contribution in [2.75, 3.05) is 30.3 Å². The molecule has 3 rings (SSSR count). The Morgan fingerprint density at radius 2 is 1.76 bits per heavy atom. The number of hydrogen-bond acceptors (Lipinski definition) is 3. The fourth-order valence-electron chi connectivity index (χ4n) is 2.96. The molecule has 4 nitrogen and oxygen atoms in total. The molecule has 0 atom stereocenters. The number of likely N-dealkylation sites (tertiary alicyclic amines) is 1. The van der Waals surface area contributed by atoms with E-state index in [0.717, 1.165) is 5.69 Å². The molecule has 1 fully saturated rings. The fraction of sp³-hybridized carbons (Fsp3) is 0.500. The van der Waals surface area contributed by atoms with Gasteiger partial charge in [-0.1, -0.05) is 12.1 Å². The van der Waals surface area contributed by atoms with E-state index in [9.17, 15) is 18.0 Å². The third-order valence-electron chi connectivity index (χ3n) is 4.10. The standard InChI is InChI=1S/C14H16F3N3O/c15-14(16,17)9-20-7-5-13(6-8-20)12(21)18-10-3-1-2-4-11(10)19-13/h1-4,19H,5-9H2,(H,18,21). The first kappa shape index (κ1) is 14.2. The number of alkyl halides is 3. The molecule has 0 unspecified atom stereocenters. The molecule has 2 N–H and O–H groups in total. The van der Waals surface area contributed by atoms with Crippen LogP contribution in [0.25, 0.3) is 0 Å². The Morgan fingerprint density at radius 3 is 2.38 bits per heavy atom. The van der Waals surface area contributed by atoms with Crippen molar-refractivity contribution in [2.24, 2.45) is 0 Å². The summed E-state index contributed by atoms with van der Waals surface area (Å²) in [5, 5.41) is 6.07. The number of carbonyl (C=O) groups excluding carboxylic acids is 1. The van der Waals surface area contributed by atoms with Crippen LogP contribution in [0.15, 0.2) is 24.3 Å². The number of nitrogens with zero attached hydrogens (tertiary/aromatic N) is 1. The highest BCUT2D eigenvalue weighted by Gasteiger charge is 2.45. The van der Waals surface area contributed by atoms with Gasteiger partial charge in [0.15, 0.2) is 0 Å². The Morgan fingerprint density at radius 1 is 1.14 bits per heavy atom. The highest BCUT2D eigenvalue weighted by atomic mass is 19.4. The molecule has 1 spiro atoms. The van der Waals surface area contributed by atoms with Gasteiger partial charge < -0.3 is 10.6 Å². The molecule has 1 aromatic rings. The lowest BCUT2D eigenvalue weighted by Gasteiger charge is -2.44. The first-order valence-electron chi connectivity index (χ1n) is 6.86. The minimum atomic E-state index is -4.20. The predicted octanol–water partition coefficient (Wildman–Crippen LogP) is 2.45. The maximum Gasteiger partial charge on any atom is 0.401 e. The van der Waals surface area contributed by atoms with Gasteiger partial charge in [0.2, 0.25) is 5.91 Å². The van der Waals surface area contributed by atoms with Crippen LogP contribution in [0.1, 0.15) is 12.8 Å². The number of hydrogen-bond donors (Lipinski definition) is 2. The maximum atomic E-state index is 12.4. The molecule has 0 aromatic heterocycles. The third-order valence-corrected chi connectivity index (χ3v) is 4.10. The Bertz CT molecular complexity index is 551. The summed E-state index contributed by atoms with van der Waals surface area (Å²) < 4.78 is 37.2. The molecular formula is C14H16F3N3O. The highest BCUT2D eigenvalue weighted by molar-refractivity contribution is 6.06. The summed E-state index contributed by atoms with van der Waals surface area (Å²) in [5.41, 5.74) is 0.739. The average Bonchev–Trinajstić information content (AvgIpc) is 2.41. The van der Waals surface area contributed by atoms with Gasteiger partial charge in [0.1, 0.15) is 5.54 Å². The zero-order valence-electron chi connectivity index (χ0n) is 11.3. The number of nitrogens with one attached hydrogen (secondary N) is 2. The Balaban J connectivity index is 1.72. The second kappa shape index (κ2) is 4.91. The zero-order chi connectivity index (χ0) is 15.1. The van der Waals surface area contributed by atoms with Crippen molar-refractivity contribution in [3.05, 3.63) is 24.3 Å². The molecule has 0 saturated carbocycles. The average molecular weight is 299 g/mol. The molecule has 1 amide bonds. The van der Waals surface area contributed by atoms with Crippen molar-refractivity contribution < 1.29 is 18.0 Å². The van der Waals surface area contributed by atoms with E-state index in [1.807, 2.05) is 18.2 Å². The number of carbonyl (C=O) groups is 1. The molecule has 0 bridgehead atoms. The van der Waals surface area contributed by atoms with E-state index >= 15 is 0 Å². The Labute approximate surface area is 120 Å². The normalized spacial score (nSPS) is 21.6. The van der Waals surface area contributed by atoms with Crippen LogP contribution in [0.2, 0.25) is 0 Å². The summed E-state index contributed by atoms with van der Waals surface area (Å²) in [6.45, 7) is -0.411. The molecule has 7 heteroatoms. The second-order valence-electron chi connectivity index (χ2n) is 5.60. The molecule has 1 saturated heterocycles. The largest absolute Gasteiger partial charge is 0.401 e. The first-order chi connectivity index (χ1) is 9.88. The fourth-order valence-corrected chi connectivity index (χ4v) is 2.96. The van der Waals surface area contributed by atoms with Crippen LogP contribution < -0.4 is 10.6 Å². The number of amides is 1. The van der Waals surface area contributed by atoms with Gasteiger partial charge in [-0.15, -0.1) is 0 Å². The lowest BCUT2D eigenvalue weighted by atomic mass is 9.84. The van der Waals surface area contributed by atoms with Crippen LogP contribution in [0, 0.1) is 0 Å². The van der Waals surface area contributed by atoms with Crippen LogP contribution >= 0.6 is 0 Å². The lowest BCUT2D eigenvalue weighted by Crippen LogP contribution is -2.59. The van der Waals surface area contributed by atoms with Crippen LogP contribution in [0.3, 0.4) is 0 Å². The van der Waals surface area contributed by atoms with Crippen LogP contribution in [-0.4, -0.2) is 42.2 Å². The molecule has 1 aromatic carbocycles.